The molecule has 0 aliphatic carbocycles. The van der Waals surface area contributed by atoms with Crippen LogP contribution in [0.1, 0.15) is 40.0 Å². The number of halogens is 1. The zero-order valence-electron chi connectivity index (χ0n) is 8.59. The number of hydrogen-bond donors (Lipinski definition) is 0. The summed E-state index contributed by atoms with van der Waals surface area (Å²) in [6.45, 7) is 5.96. The minimum Gasteiger partial charge on any atom is -0.336 e. The molecule has 0 bridgehead atoms. The standard InChI is InChI=1S/C10H18ClNO/c1-7-5-4-6-8(2)12(7)10(13)9(3)11/h7-9H,4-6H2,1-3H3/t7-,8-,9+/m1/s1. The Labute approximate surface area is 85.2 Å². The number of likely N-dealkylation sites (tertiary alicyclic amines) is 1. The van der Waals surface area contributed by atoms with E-state index in [1.54, 1.807) is 6.92 Å². The quantitative estimate of drug-likeness (QED) is 0.600. The molecule has 0 spiro atoms. The largest absolute Gasteiger partial charge is 0.336 e. The molecule has 0 saturated carbocycles. The van der Waals surface area contributed by atoms with Crippen molar-refractivity contribution in [1.29, 1.82) is 0 Å². The summed E-state index contributed by atoms with van der Waals surface area (Å²) in [5.41, 5.74) is 0. The maximum absolute atomic E-state index is 11.7. The van der Waals surface area contributed by atoms with Crippen LogP contribution < -0.4 is 0 Å². The molecule has 1 amide bonds. The van der Waals surface area contributed by atoms with E-state index in [-0.39, 0.29) is 11.3 Å². The van der Waals surface area contributed by atoms with Gasteiger partial charge in [-0.25, -0.2) is 0 Å². The Balaban J connectivity index is 2.68. The first-order chi connectivity index (χ1) is 6.04. The molecule has 3 atom stereocenters. The van der Waals surface area contributed by atoms with Crippen LogP contribution in [-0.4, -0.2) is 28.3 Å². The van der Waals surface area contributed by atoms with Gasteiger partial charge in [0.1, 0.15) is 5.38 Å². The van der Waals surface area contributed by atoms with Crippen LogP contribution in [0.4, 0.5) is 0 Å². The second-order valence-corrected chi connectivity index (χ2v) is 4.65. The lowest BCUT2D eigenvalue weighted by molar-refractivity contribution is -0.136. The maximum atomic E-state index is 11.7. The van der Waals surface area contributed by atoms with Crippen LogP contribution in [-0.2, 0) is 4.79 Å². The molecule has 3 heteroatoms. The highest BCUT2D eigenvalue weighted by Gasteiger charge is 2.30. The second-order valence-electron chi connectivity index (χ2n) is 3.99. The van der Waals surface area contributed by atoms with Crippen molar-refractivity contribution in [3.05, 3.63) is 0 Å². The van der Waals surface area contributed by atoms with E-state index in [2.05, 4.69) is 13.8 Å². The number of carbonyl (C=O) groups excluding carboxylic acids is 1. The predicted molar refractivity (Wildman–Crippen MR) is 54.9 cm³/mol. The third kappa shape index (κ3) is 2.37. The van der Waals surface area contributed by atoms with Gasteiger partial charge in [0.2, 0.25) is 5.91 Å². The number of amides is 1. The predicted octanol–water partition coefficient (Wildman–Crippen LogP) is 2.40. The average molecular weight is 204 g/mol. The molecular weight excluding hydrogens is 186 g/mol. The second kappa shape index (κ2) is 4.32. The molecular formula is C10H18ClNO. The molecule has 0 radical (unpaired) electrons. The Bertz CT molecular complexity index is 183. The average Bonchev–Trinajstić information content (AvgIpc) is 2.03. The Morgan fingerprint density at radius 2 is 1.85 bits per heavy atom. The van der Waals surface area contributed by atoms with Crippen molar-refractivity contribution in [2.45, 2.75) is 57.5 Å². The van der Waals surface area contributed by atoms with Gasteiger partial charge >= 0.3 is 0 Å². The third-order valence-corrected chi connectivity index (χ3v) is 2.97. The fraction of sp³-hybridized carbons (Fsp3) is 0.900. The van der Waals surface area contributed by atoms with Crippen LogP contribution >= 0.6 is 11.6 Å². The van der Waals surface area contributed by atoms with E-state index in [9.17, 15) is 4.79 Å². The highest BCUT2D eigenvalue weighted by Crippen LogP contribution is 2.23. The van der Waals surface area contributed by atoms with Gasteiger partial charge in [-0.2, -0.15) is 0 Å². The lowest BCUT2D eigenvalue weighted by Gasteiger charge is -2.39. The van der Waals surface area contributed by atoms with E-state index in [1.807, 2.05) is 4.90 Å². The molecule has 1 aliphatic heterocycles. The van der Waals surface area contributed by atoms with Crippen LogP contribution in [0.15, 0.2) is 0 Å². The molecule has 0 aromatic rings. The fourth-order valence-corrected chi connectivity index (χ4v) is 2.17. The van der Waals surface area contributed by atoms with Gasteiger partial charge in [0.05, 0.1) is 0 Å². The monoisotopic (exact) mass is 203 g/mol. The first-order valence-electron chi connectivity index (χ1n) is 5.00. The smallest absolute Gasteiger partial charge is 0.240 e. The molecule has 0 aromatic carbocycles. The minimum absolute atomic E-state index is 0.0846. The number of carbonyl (C=O) groups is 1. The number of piperidine rings is 1. The van der Waals surface area contributed by atoms with Crippen molar-refractivity contribution in [3.8, 4) is 0 Å². The molecule has 2 nitrogen and oxygen atoms in total. The van der Waals surface area contributed by atoms with E-state index in [0.29, 0.717) is 12.1 Å². The summed E-state index contributed by atoms with van der Waals surface area (Å²) in [5.74, 6) is 0.0846. The van der Waals surface area contributed by atoms with Gasteiger partial charge in [0, 0.05) is 12.1 Å². The van der Waals surface area contributed by atoms with E-state index in [1.165, 1.54) is 6.42 Å². The Morgan fingerprint density at radius 3 is 2.23 bits per heavy atom. The van der Waals surface area contributed by atoms with Crippen molar-refractivity contribution >= 4 is 17.5 Å². The number of nitrogens with zero attached hydrogens (tertiary/aromatic N) is 1. The first kappa shape index (κ1) is 10.8. The SMILES string of the molecule is C[C@H](Cl)C(=O)N1[C@H](C)CCC[C@H]1C. The Morgan fingerprint density at radius 1 is 1.38 bits per heavy atom. The van der Waals surface area contributed by atoms with E-state index in [0.717, 1.165) is 12.8 Å². The summed E-state index contributed by atoms with van der Waals surface area (Å²) in [7, 11) is 0. The van der Waals surface area contributed by atoms with Crippen LogP contribution in [0, 0.1) is 0 Å². The van der Waals surface area contributed by atoms with Crippen LogP contribution in [0.3, 0.4) is 0 Å². The van der Waals surface area contributed by atoms with Gasteiger partial charge < -0.3 is 4.90 Å². The molecule has 1 saturated heterocycles. The molecule has 1 rings (SSSR count). The van der Waals surface area contributed by atoms with Gasteiger partial charge in [0.15, 0.2) is 0 Å². The van der Waals surface area contributed by atoms with E-state index >= 15 is 0 Å². The topological polar surface area (TPSA) is 20.3 Å². The van der Waals surface area contributed by atoms with Crippen molar-refractivity contribution in [2.24, 2.45) is 0 Å². The Kier molecular flexibility index (Phi) is 3.60. The number of alkyl halides is 1. The lowest BCUT2D eigenvalue weighted by atomic mass is 9.97. The van der Waals surface area contributed by atoms with Gasteiger partial charge in [-0.1, -0.05) is 0 Å². The maximum Gasteiger partial charge on any atom is 0.240 e. The lowest BCUT2D eigenvalue weighted by Crippen LogP contribution is -2.49. The van der Waals surface area contributed by atoms with Crippen molar-refractivity contribution in [3.63, 3.8) is 0 Å². The van der Waals surface area contributed by atoms with Gasteiger partial charge in [0.25, 0.3) is 0 Å². The molecule has 0 aromatic heterocycles. The van der Waals surface area contributed by atoms with Crippen molar-refractivity contribution in [1.82, 2.24) is 4.90 Å². The normalized spacial score (nSPS) is 31.5. The first-order valence-corrected chi connectivity index (χ1v) is 5.44. The Hall–Kier alpha value is -0.240. The highest BCUT2D eigenvalue weighted by molar-refractivity contribution is 6.30. The minimum atomic E-state index is -0.386. The zero-order valence-corrected chi connectivity index (χ0v) is 9.34. The highest BCUT2D eigenvalue weighted by atomic mass is 35.5. The van der Waals surface area contributed by atoms with Gasteiger partial charge in [-0.15, -0.1) is 11.6 Å². The molecule has 0 unspecified atom stereocenters. The van der Waals surface area contributed by atoms with E-state index < -0.39 is 0 Å². The summed E-state index contributed by atoms with van der Waals surface area (Å²) in [6, 6.07) is 0.717. The molecule has 13 heavy (non-hydrogen) atoms. The van der Waals surface area contributed by atoms with Crippen molar-refractivity contribution < 1.29 is 4.79 Å². The summed E-state index contributed by atoms with van der Waals surface area (Å²) in [4.78, 5) is 13.7. The van der Waals surface area contributed by atoms with E-state index in [4.69, 9.17) is 11.6 Å². The fourth-order valence-electron chi connectivity index (χ4n) is 2.06. The molecule has 1 fully saturated rings. The van der Waals surface area contributed by atoms with Crippen LogP contribution in [0.5, 0.6) is 0 Å². The third-order valence-electron chi connectivity index (χ3n) is 2.79. The molecule has 1 heterocycles. The molecule has 76 valence electrons. The summed E-state index contributed by atoms with van der Waals surface area (Å²) in [6.07, 6.45) is 3.45. The van der Waals surface area contributed by atoms with Crippen LogP contribution in [0.25, 0.3) is 0 Å². The van der Waals surface area contributed by atoms with Crippen LogP contribution in [0.2, 0.25) is 0 Å². The summed E-state index contributed by atoms with van der Waals surface area (Å²) in [5, 5.41) is -0.386. The summed E-state index contributed by atoms with van der Waals surface area (Å²) >= 11 is 5.80. The molecule has 1 aliphatic rings. The van der Waals surface area contributed by atoms with Gasteiger partial charge in [-0.3, -0.25) is 4.79 Å². The zero-order chi connectivity index (χ0) is 10.0. The number of hydrogen-bond acceptors (Lipinski definition) is 1. The molecule has 0 N–H and O–H groups in total. The number of rotatable bonds is 1. The summed E-state index contributed by atoms with van der Waals surface area (Å²) < 4.78 is 0. The van der Waals surface area contributed by atoms with Gasteiger partial charge in [-0.05, 0) is 40.0 Å². The van der Waals surface area contributed by atoms with Crippen molar-refractivity contribution in [2.75, 3.05) is 0 Å².